The SMILES string of the molecule is CCn1c(Sc2cc(C)c(F)cc2[C@H](C)N)n[nH]c1=O. The van der Waals surface area contributed by atoms with Gasteiger partial charge in [0.05, 0.1) is 0 Å². The number of nitrogens with one attached hydrogen (secondary N) is 1. The molecule has 20 heavy (non-hydrogen) atoms. The van der Waals surface area contributed by atoms with E-state index < -0.39 is 0 Å². The Balaban J connectivity index is 2.47. The zero-order valence-electron chi connectivity index (χ0n) is 11.6. The van der Waals surface area contributed by atoms with Gasteiger partial charge in [0, 0.05) is 17.5 Å². The number of aromatic amines is 1. The number of hydrogen-bond acceptors (Lipinski definition) is 4. The Morgan fingerprint density at radius 3 is 2.85 bits per heavy atom. The second-order valence-corrected chi connectivity index (χ2v) is 5.59. The van der Waals surface area contributed by atoms with Crippen LogP contribution >= 0.6 is 11.8 Å². The third-order valence-electron chi connectivity index (χ3n) is 3.02. The fourth-order valence-electron chi connectivity index (χ4n) is 1.87. The Labute approximate surface area is 120 Å². The quantitative estimate of drug-likeness (QED) is 0.907. The first-order valence-electron chi connectivity index (χ1n) is 6.32. The summed E-state index contributed by atoms with van der Waals surface area (Å²) in [6.45, 7) is 5.88. The minimum Gasteiger partial charge on any atom is -0.324 e. The third-order valence-corrected chi connectivity index (χ3v) is 4.09. The van der Waals surface area contributed by atoms with Crippen molar-refractivity contribution in [1.82, 2.24) is 14.8 Å². The van der Waals surface area contributed by atoms with E-state index in [2.05, 4.69) is 10.2 Å². The van der Waals surface area contributed by atoms with Crippen LogP contribution in [0.5, 0.6) is 0 Å². The topological polar surface area (TPSA) is 76.7 Å². The number of halogens is 1. The van der Waals surface area contributed by atoms with Gasteiger partial charge in [-0.1, -0.05) is 0 Å². The van der Waals surface area contributed by atoms with Gasteiger partial charge in [-0.2, -0.15) is 0 Å². The maximum atomic E-state index is 13.7. The molecule has 0 aliphatic carbocycles. The van der Waals surface area contributed by atoms with Crippen molar-refractivity contribution in [3.8, 4) is 0 Å². The maximum Gasteiger partial charge on any atom is 0.343 e. The molecule has 0 spiro atoms. The number of hydrogen-bond donors (Lipinski definition) is 2. The van der Waals surface area contributed by atoms with Gasteiger partial charge in [-0.15, -0.1) is 5.10 Å². The van der Waals surface area contributed by atoms with Gasteiger partial charge in [-0.05, 0) is 55.8 Å². The molecule has 0 bridgehead atoms. The van der Waals surface area contributed by atoms with E-state index in [1.165, 1.54) is 22.4 Å². The minimum atomic E-state index is -0.298. The van der Waals surface area contributed by atoms with E-state index in [9.17, 15) is 9.18 Å². The van der Waals surface area contributed by atoms with Crippen molar-refractivity contribution in [2.75, 3.05) is 0 Å². The summed E-state index contributed by atoms with van der Waals surface area (Å²) in [5.41, 5.74) is 6.88. The van der Waals surface area contributed by atoms with Gasteiger partial charge in [0.1, 0.15) is 5.82 Å². The van der Waals surface area contributed by atoms with Crippen LogP contribution in [0.25, 0.3) is 0 Å². The van der Waals surface area contributed by atoms with Crippen LogP contribution < -0.4 is 11.4 Å². The lowest BCUT2D eigenvalue weighted by Gasteiger charge is -2.13. The van der Waals surface area contributed by atoms with Crippen LogP contribution in [-0.4, -0.2) is 14.8 Å². The summed E-state index contributed by atoms with van der Waals surface area (Å²) in [5.74, 6) is -0.281. The van der Waals surface area contributed by atoms with Crippen molar-refractivity contribution in [2.24, 2.45) is 5.73 Å². The molecule has 108 valence electrons. The Kier molecular flexibility index (Phi) is 4.29. The molecule has 0 saturated carbocycles. The predicted molar refractivity (Wildman–Crippen MR) is 76.4 cm³/mol. The summed E-state index contributed by atoms with van der Waals surface area (Å²) in [7, 11) is 0. The van der Waals surface area contributed by atoms with Crippen LogP contribution in [-0.2, 0) is 6.54 Å². The molecule has 5 nitrogen and oxygen atoms in total. The minimum absolute atomic E-state index is 0.254. The van der Waals surface area contributed by atoms with Crippen LogP contribution in [0.15, 0.2) is 27.0 Å². The molecule has 0 unspecified atom stereocenters. The average molecular weight is 296 g/mol. The van der Waals surface area contributed by atoms with Crippen LogP contribution in [0.3, 0.4) is 0 Å². The molecule has 0 amide bonds. The highest BCUT2D eigenvalue weighted by Crippen LogP contribution is 2.33. The standard InChI is InChI=1S/C13H17FN4OS/c1-4-18-12(19)16-17-13(18)20-11-5-7(2)10(14)6-9(11)8(3)15/h5-6,8H,4,15H2,1-3H3,(H,16,19)/t8-/m0/s1. The van der Waals surface area contributed by atoms with Crippen molar-refractivity contribution in [3.05, 3.63) is 39.6 Å². The Morgan fingerprint density at radius 1 is 1.55 bits per heavy atom. The molecule has 1 atom stereocenters. The molecule has 2 aromatic rings. The Bertz CT molecular complexity index is 677. The average Bonchev–Trinajstić information content (AvgIpc) is 2.73. The molecular weight excluding hydrogens is 279 g/mol. The normalized spacial score (nSPS) is 12.7. The number of rotatable bonds is 4. The van der Waals surface area contributed by atoms with Gasteiger partial charge in [-0.3, -0.25) is 4.57 Å². The second kappa shape index (κ2) is 5.80. The smallest absolute Gasteiger partial charge is 0.324 e. The van der Waals surface area contributed by atoms with E-state index in [4.69, 9.17) is 5.73 Å². The van der Waals surface area contributed by atoms with Gasteiger partial charge in [0.15, 0.2) is 5.16 Å². The van der Waals surface area contributed by atoms with Crippen LogP contribution in [0.1, 0.15) is 31.0 Å². The van der Waals surface area contributed by atoms with Crippen molar-refractivity contribution in [1.29, 1.82) is 0 Å². The molecule has 1 aromatic carbocycles. The monoisotopic (exact) mass is 296 g/mol. The molecule has 2 rings (SSSR count). The van der Waals surface area contributed by atoms with Crippen LogP contribution in [0.4, 0.5) is 4.39 Å². The van der Waals surface area contributed by atoms with E-state index in [0.717, 1.165) is 4.90 Å². The highest BCUT2D eigenvalue weighted by Gasteiger charge is 2.15. The van der Waals surface area contributed by atoms with Crippen molar-refractivity contribution in [2.45, 2.75) is 43.4 Å². The predicted octanol–water partition coefficient (Wildman–Crippen LogP) is 2.21. The van der Waals surface area contributed by atoms with Crippen molar-refractivity contribution in [3.63, 3.8) is 0 Å². The third kappa shape index (κ3) is 2.78. The number of H-pyrrole nitrogens is 1. The number of nitrogens with two attached hydrogens (primary N) is 1. The number of aromatic nitrogens is 3. The summed E-state index contributed by atoms with van der Waals surface area (Å²) in [6.07, 6.45) is 0. The van der Waals surface area contributed by atoms with Gasteiger partial charge in [0.25, 0.3) is 0 Å². The lowest BCUT2D eigenvalue weighted by atomic mass is 10.1. The fraction of sp³-hybridized carbons (Fsp3) is 0.385. The zero-order valence-corrected chi connectivity index (χ0v) is 12.4. The summed E-state index contributed by atoms with van der Waals surface area (Å²) < 4.78 is 15.2. The molecule has 0 aliphatic rings. The first-order valence-corrected chi connectivity index (χ1v) is 7.14. The molecule has 0 radical (unpaired) electrons. The molecule has 1 aromatic heterocycles. The number of nitrogens with zero attached hydrogens (tertiary/aromatic N) is 2. The largest absolute Gasteiger partial charge is 0.343 e. The van der Waals surface area contributed by atoms with Crippen molar-refractivity contribution < 1.29 is 4.39 Å². The highest BCUT2D eigenvalue weighted by atomic mass is 32.2. The van der Waals surface area contributed by atoms with Gasteiger partial charge in [0.2, 0.25) is 0 Å². The second-order valence-electron chi connectivity index (χ2n) is 4.59. The van der Waals surface area contributed by atoms with E-state index in [0.29, 0.717) is 22.8 Å². The zero-order chi connectivity index (χ0) is 14.9. The number of aryl methyl sites for hydroxylation is 1. The lowest BCUT2D eigenvalue weighted by molar-refractivity contribution is 0.609. The van der Waals surface area contributed by atoms with E-state index in [1.807, 2.05) is 6.92 Å². The van der Waals surface area contributed by atoms with Gasteiger partial charge < -0.3 is 5.73 Å². The fourth-order valence-corrected chi connectivity index (χ4v) is 3.08. The molecule has 0 aliphatic heterocycles. The van der Waals surface area contributed by atoms with Gasteiger partial charge >= 0.3 is 5.69 Å². The first kappa shape index (κ1) is 14.8. The van der Waals surface area contributed by atoms with E-state index >= 15 is 0 Å². The molecule has 3 N–H and O–H groups in total. The summed E-state index contributed by atoms with van der Waals surface area (Å²) in [6, 6.07) is 2.88. The summed E-state index contributed by atoms with van der Waals surface area (Å²) in [4.78, 5) is 12.4. The Morgan fingerprint density at radius 2 is 2.25 bits per heavy atom. The Hall–Kier alpha value is -1.60. The van der Waals surface area contributed by atoms with Crippen LogP contribution in [0.2, 0.25) is 0 Å². The van der Waals surface area contributed by atoms with Crippen molar-refractivity contribution >= 4 is 11.8 Å². The van der Waals surface area contributed by atoms with Crippen LogP contribution in [0, 0.1) is 12.7 Å². The summed E-state index contributed by atoms with van der Waals surface area (Å²) in [5, 5.41) is 6.95. The molecule has 1 heterocycles. The summed E-state index contributed by atoms with van der Waals surface area (Å²) >= 11 is 1.31. The molecular formula is C13H17FN4OS. The highest BCUT2D eigenvalue weighted by molar-refractivity contribution is 7.99. The van der Waals surface area contributed by atoms with E-state index in [1.54, 1.807) is 19.9 Å². The molecule has 7 heteroatoms. The first-order chi connectivity index (χ1) is 9.43. The lowest BCUT2D eigenvalue weighted by Crippen LogP contribution is -2.16. The maximum absolute atomic E-state index is 13.7. The van der Waals surface area contributed by atoms with E-state index in [-0.39, 0.29) is 17.5 Å². The number of benzene rings is 1. The molecule has 0 saturated heterocycles. The molecule has 0 fully saturated rings. The van der Waals surface area contributed by atoms with Gasteiger partial charge in [-0.25, -0.2) is 14.3 Å².